The van der Waals surface area contributed by atoms with E-state index in [-0.39, 0.29) is 17.4 Å². The first-order valence-corrected chi connectivity index (χ1v) is 6.28. The van der Waals surface area contributed by atoms with Crippen LogP contribution in [-0.4, -0.2) is 17.6 Å². The fourth-order valence-electron chi connectivity index (χ4n) is 2.58. The molecule has 2 atom stereocenters. The van der Waals surface area contributed by atoms with Gasteiger partial charge in [0.15, 0.2) is 0 Å². The third kappa shape index (κ3) is 3.02. The number of benzene rings is 1. The van der Waals surface area contributed by atoms with Crippen molar-refractivity contribution in [2.24, 2.45) is 11.8 Å². The number of hydrogen-bond acceptors (Lipinski definition) is 3. The second kappa shape index (κ2) is 5.70. The molecule has 0 spiro atoms. The van der Waals surface area contributed by atoms with Gasteiger partial charge in [-0.05, 0) is 37.0 Å². The van der Waals surface area contributed by atoms with E-state index in [2.05, 4.69) is 5.32 Å². The van der Waals surface area contributed by atoms with Crippen molar-refractivity contribution in [2.75, 3.05) is 11.9 Å². The Balaban J connectivity index is 1.99. The standard InChI is InChI=1S/C14H15FN2O2/c15-12-6-9(7-16)4-5-13(12)17-8-10-2-1-3-11(10)14(18)19/h4-6,10-11,17H,1-3,8H2,(H,18,19). The summed E-state index contributed by atoms with van der Waals surface area (Å²) in [6.07, 6.45) is 2.44. The van der Waals surface area contributed by atoms with Crippen molar-refractivity contribution in [1.29, 1.82) is 5.26 Å². The van der Waals surface area contributed by atoms with Crippen molar-refractivity contribution in [3.8, 4) is 6.07 Å². The number of carbonyl (C=O) groups is 1. The highest BCUT2D eigenvalue weighted by molar-refractivity contribution is 5.70. The third-order valence-electron chi connectivity index (χ3n) is 3.63. The zero-order valence-corrected chi connectivity index (χ0v) is 10.4. The van der Waals surface area contributed by atoms with Gasteiger partial charge in [-0.2, -0.15) is 5.26 Å². The van der Waals surface area contributed by atoms with Crippen molar-refractivity contribution in [3.63, 3.8) is 0 Å². The number of nitrogens with one attached hydrogen (secondary N) is 1. The number of carboxylic acids is 1. The predicted octanol–water partition coefficient (Wildman–Crippen LogP) is 2.61. The molecule has 100 valence electrons. The summed E-state index contributed by atoms with van der Waals surface area (Å²) in [6.45, 7) is 0.444. The van der Waals surface area contributed by atoms with Gasteiger partial charge in [0.25, 0.3) is 0 Å². The summed E-state index contributed by atoms with van der Waals surface area (Å²) in [5, 5.41) is 20.7. The fourth-order valence-corrected chi connectivity index (χ4v) is 2.58. The Labute approximate surface area is 110 Å². The van der Waals surface area contributed by atoms with E-state index in [1.54, 1.807) is 0 Å². The molecule has 1 saturated carbocycles. The van der Waals surface area contributed by atoms with Gasteiger partial charge in [0, 0.05) is 6.54 Å². The fraction of sp³-hybridized carbons (Fsp3) is 0.429. The van der Waals surface area contributed by atoms with E-state index in [1.807, 2.05) is 6.07 Å². The van der Waals surface area contributed by atoms with Gasteiger partial charge in [-0.25, -0.2) is 4.39 Å². The van der Waals surface area contributed by atoms with Crippen LogP contribution in [0.4, 0.5) is 10.1 Å². The number of rotatable bonds is 4. The van der Waals surface area contributed by atoms with E-state index in [4.69, 9.17) is 10.4 Å². The summed E-state index contributed by atoms with van der Waals surface area (Å²) in [5.74, 6) is -1.56. The molecule has 0 aliphatic heterocycles. The van der Waals surface area contributed by atoms with Gasteiger partial charge in [0.2, 0.25) is 0 Å². The molecule has 2 N–H and O–H groups in total. The Bertz CT molecular complexity index is 525. The lowest BCUT2D eigenvalue weighted by Crippen LogP contribution is -2.24. The van der Waals surface area contributed by atoms with E-state index >= 15 is 0 Å². The normalized spacial score (nSPS) is 21.9. The number of hydrogen-bond donors (Lipinski definition) is 2. The average molecular weight is 262 g/mol. The zero-order valence-electron chi connectivity index (χ0n) is 10.4. The molecule has 1 aliphatic carbocycles. The molecule has 1 aromatic carbocycles. The molecule has 19 heavy (non-hydrogen) atoms. The minimum Gasteiger partial charge on any atom is -0.481 e. The van der Waals surface area contributed by atoms with Crippen LogP contribution in [0.25, 0.3) is 0 Å². The number of carboxylic acid groups (broad SMARTS) is 1. The molecular weight excluding hydrogens is 247 g/mol. The van der Waals surface area contributed by atoms with Gasteiger partial charge >= 0.3 is 5.97 Å². The minimum atomic E-state index is -0.774. The SMILES string of the molecule is N#Cc1ccc(NCC2CCCC2C(=O)O)c(F)c1. The summed E-state index contributed by atoms with van der Waals surface area (Å²) >= 11 is 0. The zero-order chi connectivity index (χ0) is 13.8. The second-order valence-corrected chi connectivity index (χ2v) is 4.82. The van der Waals surface area contributed by atoms with Crippen molar-refractivity contribution >= 4 is 11.7 Å². The van der Waals surface area contributed by atoms with Crippen molar-refractivity contribution < 1.29 is 14.3 Å². The third-order valence-corrected chi connectivity index (χ3v) is 3.63. The van der Waals surface area contributed by atoms with Gasteiger partial charge in [0.05, 0.1) is 23.2 Å². The lowest BCUT2D eigenvalue weighted by Gasteiger charge is -2.17. The maximum absolute atomic E-state index is 13.6. The summed E-state index contributed by atoms with van der Waals surface area (Å²) in [7, 11) is 0. The lowest BCUT2D eigenvalue weighted by molar-refractivity contribution is -0.142. The van der Waals surface area contributed by atoms with E-state index in [1.165, 1.54) is 18.2 Å². The Morgan fingerprint density at radius 2 is 2.32 bits per heavy atom. The van der Waals surface area contributed by atoms with Crippen LogP contribution in [-0.2, 0) is 4.79 Å². The number of anilines is 1. The van der Waals surface area contributed by atoms with E-state index in [0.717, 1.165) is 12.8 Å². The summed E-state index contributed by atoms with van der Waals surface area (Å²) in [4.78, 5) is 11.0. The molecule has 0 radical (unpaired) electrons. The van der Waals surface area contributed by atoms with Crippen LogP contribution < -0.4 is 5.32 Å². The average Bonchev–Trinajstić information content (AvgIpc) is 2.85. The van der Waals surface area contributed by atoms with Crippen molar-refractivity contribution in [1.82, 2.24) is 0 Å². The van der Waals surface area contributed by atoms with Crippen LogP contribution >= 0.6 is 0 Å². The van der Waals surface area contributed by atoms with Gasteiger partial charge in [-0.15, -0.1) is 0 Å². The van der Waals surface area contributed by atoms with E-state index in [0.29, 0.717) is 18.7 Å². The van der Waals surface area contributed by atoms with Crippen molar-refractivity contribution in [2.45, 2.75) is 19.3 Å². The maximum atomic E-state index is 13.6. The lowest BCUT2D eigenvalue weighted by atomic mass is 9.96. The summed E-state index contributed by atoms with van der Waals surface area (Å²) in [5.41, 5.74) is 0.586. The largest absolute Gasteiger partial charge is 0.481 e. The maximum Gasteiger partial charge on any atom is 0.306 e. The number of halogens is 1. The summed E-state index contributed by atoms with van der Waals surface area (Å²) in [6, 6.07) is 6.09. The van der Waals surface area contributed by atoms with Gasteiger partial charge in [-0.1, -0.05) is 6.42 Å². The molecule has 0 heterocycles. The van der Waals surface area contributed by atoms with Gasteiger partial charge in [0.1, 0.15) is 5.82 Å². The molecule has 0 aromatic heterocycles. The predicted molar refractivity (Wildman–Crippen MR) is 68.1 cm³/mol. The second-order valence-electron chi connectivity index (χ2n) is 4.82. The molecule has 2 rings (SSSR count). The molecule has 0 amide bonds. The smallest absolute Gasteiger partial charge is 0.306 e. The number of aliphatic carboxylic acids is 1. The van der Waals surface area contributed by atoms with Gasteiger partial charge < -0.3 is 10.4 Å². The molecule has 0 bridgehead atoms. The molecule has 0 saturated heterocycles. The van der Waals surface area contributed by atoms with Crippen LogP contribution in [0.2, 0.25) is 0 Å². The Morgan fingerprint density at radius 1 is 1.53 bits per heavy atom. The highest BCUT2D eigenvalue weighted by Gasteiger charge is 2.32. The molecule has 1 fully saturated rings. The minimum absolute atomic E-state index is 0.0348. The van der Waals surface area contributed by atoms with Crippen LogP contribution in [0.3, 0.4) is 0 Å². The number of nitrogens with zero attached hydrogens (tertiary/aromatic N) is 1. The molecule has 4 nitrogen and oxygen atoms in total. The molecule has 2 unspecified atom stereocenters. The van der Waals surface area contributed by atoms with E-state index in [9.17, 15) is 9.18 Å². The Kier molecular flexibility index (Phi) is 4.00. The highest BCUT2D eigenvalue weighted by Crippen LogP contribution is 2.32. The molecular formula is C14H15FN2O2. The molecule has 5 heteroatoms. The highest BCUT2D eigenvalue weighted by atomic mass is 19.1. The molecule has 1 aliphatic rings. The van der Waals surface area contributed by atoms with Crippen LogP contribution in [0.5, 0.6) is 0 Å². The monoisotopic (exact) mass is 262 g/mol. The topological polar surface area (TPSA) is 73.1 Å². The summed E-state index contributed by atoms with van der Waals surface area (Å²) < 4.78 is 13.6. The Morgan fingerprint density at radius 3 is 2.95 bits per heavy atom. The first-order valence-electron chi connectivity index (χ1n) is 6.28. The Hall–Kier alpha value is -2.09. The first kappa shape index (κ1) is 13.3. The van der Waals surface area contributed by atoms with Crippen LogP contribution in [0.1, 0.15) is 24.8 Å². The van der Waals surface area contributed by atoms with Crippen molar-refractivity contribution in [3.05, 3.63) is 29.6 Å². The molecule has 1 aromatic rings. The van der Waals surface area contributed by atoms with Crippen LogP contribution in [0, 0.1) is 29.0 Å². The van der Waals surface area contributed by atoms with E-state index < -0.39 is 11.8 Å². The quantitative estimate of drug-likeness (QED) is 0.874. The van der Waals surface area contributed by atoms with Crippen LogP contribution in [0.15, 0.2) is 18.2 Å². The first-order chi connectivity index (χ1) is 9.11. The van der Waals surface area contributed by atoms with Gasteiger partial charge in [-0.3, -0.25) is 4.79 Å². The number of nitriles is 1.